The fourth-order valence-electron chi connectivity index (χ4n) is 4.37. The Balaban J connectivity index is 1.52. The van der Waals surface area contributed by atoms with Gasteiger partial charge in [0.2, 0.25) is 5.91 Å². The molecule has 2 aliphatic rings. The van der Waals surface area contributed by atoms with E-state index in [1.54, 1.807) is 12.1 Å². The molecule has 9 heteroatoms. The maximum atomic E-state index is 13.4. The van der Waals surface area contributed by atoms with E-state index in [0.717, 1.165) is 35.3 Å². The largest absolute Gasteiger partial charge is 0.356 e. The number of allylic oxidation sites excluding steroid dienone is 3. The molecule has 0 unspecified atom stereocenters. The van der Waals surface area contributed by atoms with Gasteiger partial charge < -0.3 is 20.1 Å². The van der Waals surface area contributed by atoms with E-state index in [4.69, 9.17) is 4.52 Å². The molecule has 0 bridgehead atoms. The minimum absolute atomic E-state index is 0.0492. The van der Waals surface area contributed by atoms with Gasteiger partial charge in [-0.3, -0.25) is 19.6 Å². The third-order valence-electron chi connectivity index (χ3n) is 6.41. The van der Waals surface area contributed by atoms with Crippen molar-refractivity contribution in [2.24, 2.45) is 0 Å². The first-order chi connectivity index (χ1) is 16.9. The summed E-state index contributed by atoms with van der Waals surface area (Å²) in [5, 5.41) is 14.7. The van der Waals surface area contributed by atoms with E-state index < -0.39 is 0 Å². The van der Waals surface area contributed by atoms with Crippen molar-refractivity contribution < 1.29 is 14.1 Å². The number of amides is 2. The van der Waals surface area contributed by atoms with Crippen LogP contribution in [0, 0.1) is 13.8 Å². The zero-order valence-electron chi connectivity index (χ0n) is 20.9. The van der Waals surface area contributed by atoms with Crippen LogP contribution in [-0.2, 0) is 9.59 Å². The molecular formula is C26H34N6O3. The Hall–Kier alpha value is -3.59. The van der Waals surface area contributed by atoms with Gasteiger partial charge in [-0.15, -0.1) is 0 Å². The molecule has 4 rings (SSSR count). The Kier molecular flexibility index (Phi) is 7.55. The van der Waals surface area contributed by atoms with Crippen LogP contribution in [0.4, 0.5) is 5.69 Å². The SMILES string of the molecule is CCNCCNC(=O)CN(CC(=O)N(C)N1C=C2CC=CC=C2C1)c1cc2onc(C)c2cc1C. The first kappa shape index (κ1) is 24.5. The zero-order valence-corrected chi connectivity index (χ0v) is 20.9. The fraction of sp³-hybridized carbons (Fsp3) is 0.423. The second-order valence-corrected chi connectivity index (χ2v) is 8.96. The molecule has 35 heavy (non-hydrogen) atoms. The highest BCUT2D eigenvalue weighted by atomic mass is 16.5. The molecule has 1 aromatic heterocycles. The molecule has 2 amide bonds. The van der Waals surface area contributed by atoms with E-state index in [1.807, 2.05) is 49.0 Å². The normalized spacial score (nSPS) is 14.6. The van der Waals surface area contributed by atoms with Crippen molar-refractivity contribution in [3.05, 3.63) is 59.0 Å². The number of anilines is 1. The maximum Gasteiger partial charge on any atom is 0.260 e. The van der Waals surface area contributed by atoms with Crippen molar-refractivity contribution in [2.75, 3.05) is 51.2 Å². The van der Waals surface area contributed by atoms with Gasteiger partial charge >= 0.3 is 0 Å². The molecule has 1 aliphatic heterocycles. The Morgan fingerprint density at radius 2 is 2.00 bits per heavy atom. The number of hydrogen-bond acceptors (Lipinski definition) is 7. The second kappa shape index (κ2) is 10.8. The lowest BCUT2D eigenvalue weighted by atomic mass is 10.0. The molecule has 2 N–H and O–H groups in total. The third kappa shape index (κ3) is 5.57. The van der Waals surface area contributed by atoms with E-state index in [9.17, 15) is 9.59 Å². The average Bonchev–Trinajstić information content (AvgIpc) is 3.44. The average molecular weight is 479 g/mol. The molecule has 2 heterocycles. The highest BCUT2D eigenvalue weighted by Crippen LogP contribution is 2.30. The summed E-state index contributed by atoms with van der Waals surface area (Å²) >= 11 is 0. The van der Waals surface area contributed by atoms with Crippen molar-refractivity contribution in [1.29, 1.82) is 0 Å². The van der Waals surface area contributed by atoms with Crippen LogP contribution in [0.25, 0.3) is 11.0 Å². The molecule has 0 fully saturated rings. The highest BCUT2D eigenvalue weighted by molar-refractivity contribution is 5.90. The zero-order chi connectivity index (χ0) is 24.9. The van der Waals surface area contributed by atoms with Crippen LogP contribution in [0.1, 0.15) is 24.6 Å². The predicted molar refractivity (Wildman–Crippen MR) is 137 cm³/mol. The molecule has 186 valence electrons. The van der Waals surface area contributed by atoms with Crippen LogP contribution in [0.5, 0.6) is 0 Å². The van der Waals surface area contributed by atoms with Gasteiger partial charge in [0.05, 0.1) is 25.3 Å². The van der Waals surface area contributed by atoms with Crippen molar-refractivity contribution in [3.8, 4) is 0 Å². The molecule has 2 aromatic rings. The Bertz CT molecular complexity index is 1200. The number of rotatable bonds is 10. The van der Waals surface area contributed by atoms with Gasteiger partial charge in [0, 0.05) is 43.5 Å². The summed E-state index contributed by atoms with van der Waals surface area (Å²) in [4.78, 5) is 28.0. The van der Waals surface area contributed by atoms with Crippen molar-refractivity contribution >= 4 is 28.5 Å². The Morgan fingerprint density at radius 3 is 2.77 bits per heavy atom. The Morgan fingerprint density at radius 1 is 1.17 bits per heavy atom. The summed E-state index contributed by atoms with van der Waals surface area (Å²) in [5.41, 5.74) is 5.62. The smallest absolute Gasteiger partial charge is 0.260 e. The number of fused-ring (bicyclic) bond motifs is 2. The van der Waals surface area contributed by atoms with Gasteiger partial charge in [-0.25, -0.2) is 0 Å². The summed E-state index contributed by atoms with van der Waals surface area (Å²) in [6, 6.07) is 3.86. The summed E-state index contributed by atoms with van der Waals surface area (Å²) in [7, 11) is 1.77. The van der Waals surface area contributed by atoms with Gasteiger partial charge in [0.15, 0.2) is 5.58 Å². The number of nitrogens with zero attached hydrogens (tertiary/aromatic N) is 4. The van der Waals surface area contributed by atoms with E-state index in [-0.39, 0.29) is 24.9 Å². The van der Waals surface area contributed by atoms with Gasteiger partial charge in [-0.05, 0) is 49.6 Å². The molecule has 9 nitrogen and oxygen atoms in total. The molecule has 0 radical (unpaired) electrons. The number of nitrogens with one attached hydrogen (secondary N) is 2. The van der Waals surface area contributed by atoms with E-state index in [2.05, 4.69) is 34.0 Å². The molecule has 0 saturated carbocycles. The van der Waals surface area contributed by atoms with Crippen molar-refractivity contribution in [3.63, 3.8) is 0 Å². The lowest BCUT2D eigenvalue weighted by Gasteiger charge is -2.32. The maximum absolute atomic E-state index is 13.4. The van der Waals surface area contributed by atoms with Crippen LogP contribution in [0.2, 0.25) is 0 Å². The number of aryl methyl sites for hydroxylation is 2. The third-order valence-corrected chi connectivity index (χ3v) is 6.41. The number of hydrogen-bond donors (Lipinski definition) is 2. The number of hydrazine groups is 1. The number of carbonyl (C=O) groups excluding carboxylic acids is 2. The van der Waals surface area contributed by atoms with E-state index in [0.29, 0.717) is 25.2 Å². The minimum atomic E-state index is -0.142. The topological polar surface area (TPSA) is 93.9 Å². The van der Waals surface area contributed by atoms with Gasteiger partial charge in [-0.1, -0.05) is 30.3 Å². The summed E-state index contributed by atoms with van der Waals surface area (Å²) < 4.78 is 5.47. The lowest BCUT2D eigenvalue weighted by molar-refractivity contribution is -0.139. The number of carbonyl (C=O) groups is 2. The van der Waals surface area contributed by atoms with Crippen LogP contribution >= 0.6 is 0 Å². The van der Waals surface area contributed by atoms with Crippen LogP contribution in [-0.4, -0.2) is 73.3 Å². The predicted octanol–water partition coefficient (Wildman–Crippen LogP) is 2.44. The van der Waals surface area contributed by atoms with Crippen molar-refractivity contribution in [2.45, 2.75) is 27.2 Å². The summed E-state index contributed by atoms with van der Waals surface area (Å²) in [5.74, 6) is -0.250. The second-order valence-electron chi connectivity index (χ2n) is 8.96. The van der Waals surface area contributed by atoms with E-state index >= 15 is 0 Å². The number of aromatic nitrogens is 1. The molecule has 1 aliphatic carbocycles. The van der Waals surface area contributed by atoms with Crippen LogP contribution < -0.4 is 15.5 Å². The molecule has 0 saturated heterocycles. The van der Waals surface area contributed by atoms with Gasteiger partial charge in [0.25, 0.3) is 5.91 Å². The first-order valence-corrected chi connectivity index (χ1v) is 12.1. The summed E-state index contributed by atoms with van der Waals surface area (Å²) in [6.07, 6.45) is 9.16. The van der Waals surface area contributed by atoms with Crippen LogP contribution in [0.15, 0.2) is 52.2 Å². The molecule has 0 atom stereocenters. The molecule has 0 spiro atoms. The number of benzene rings is 1. The van der Waals surface area contributed by atoms with Gasteiger partial charge in [-0.2, -0.15) is 0 Å². The quantitative estimate of drug-likeness (QED) is 0.507. The highest BCUT2D eigenvalue weighted by Gasteiger charge is 2.26. The van der Waals surface area contributed by atoms with Crippen LogP contribution in [0.3, 0.4) is 0 Å². The minimum Gasteiger partial charge on any atom is -0.356 e. The number of likely N-dealkylation sites (N-methyl/N-ethyl adjacent to an activating group) is 2. The molecular weight excluding hydrogens is 444 g/mol. The van der Waals surface area contributed by atoms with E-state index in [1.165, 1.54) is 11.1 Å². The van der Waals surface area contributed by atoms with Crippen molar-refractivity contribution in [1.82, 2.24) is 25.8 Å². The molecule has 1 aromatic carbocycles. The summed E-state index contributed by atoms with van der Waals surface area (Å²) in [6.45, 7) is 8.72. The standard InChI is InChI=1S/C26H34N6O3/c1-5-27-10-11-28-25(33)16-31(23-13-24-22(12-18(23)2)19(3)29-35-24)17-26(34)30(4)32-14-20-8-6-7-9-21(20)15-32/h6-8,12-13,15,27H,5,9-11,14,16-17H2,1-4H3,(H,28,33). The fourth-order valence-corrected chi connectivity index (χ4v) is 4.37. The monoisotopic (exact) mass is 478 g/mol. The first-order valence-electron chi connectivity index (χ1n) is 12.1. The Labute approximate surface area is 206 Å². The lowest BCUT2D eigenvalue weighted by Crippen LogP contribution is -2.48. The van der Waals surface area contributed by atoms with Gasteiger partial charge in [0.1, 0.15) is 0 Å².